The van der Waals surface area contributed by atoms with Crippen LogP contribution in [0.25, 0.3) is 0 Å². The highest BCUT2D eigenvalue weighted by molar-refractivity contribution is 5.76. The van der Waals surface area contributed by atoms with Crippen LogP contribution in [-0.2, 0) is 4.79 Å². The molecule has 0 heterocycles. The second-order valence-electron chi connectivity index (χ2n) is 4.92. The van der Waals surface area contributed by atoms with Crippen molar-refractivity contribution in [3.05, 3.63) is 23.8 Å². The Morgan fingerprint density at radius 1 is 1.38 bits per heavy atom. The molecule has 0 saturated heterocycles. The predicted molar refractivity (Wildman–Crippen MR) is 83.6 cm³/mol. The minimum absolute atomic E-state index is 0.0870. The Balaban J connectivity index is 2.50. The monoisotopic (exact) mass is 294 g/mol. The van der Waals surface area contributed by atoms with Crippen LogP contribution >= 0.6 is 0 Å². The lowest BCUT2D eigenvalue weighted by Crippen LogP contribution is -2.33. The average Bonchev–Trinajstić information content (AvgIpc) is 2.48. The molecule has 118 valence electrons. The summed E-state index contributed by atoms with van der Waals surface area (Å²) in [5.41, 5.74) is 1.01. The molecule has 2 N–H and O–H groups in total. The molecule has 0 bridgehead atoms. The van der Waals surface area contributed by atoms with E-state index in [1.165, 1.54) is 7.11 Å². The van der Waals surface area contributed by atoms with Gasteiger partial charge in [-0.25, -0.2) is 0 Å². The third-order valence-electron chi connectivity index (χ3n) is 3.61. The number of hydrogen-bond acceptors (Lipinski definition) is 4. The zero-order chi connectivity index (χ0) is 15.8. The van der Waals surface area contributed by atoms with Gasteiger partial charge in [-0.15, -0.1) is 0 Å². The van der Waals surface area contributed by atoms with Crippen molar-refractivity contribution in [3.63, 3.8) is 0 Å². The highest BCUT2D eigenvalue weighted by Crippen LogP contribution is 2.28. The van der Waals surface area contributed by atoms with E-state index in [1.54, 1.807) is 12.1 Å². The second kappa shape index (κ2) is 8.52. The number of amides is 1. The molecule has 1 unspecified atom stereocenters. The fourth-order valence-corrected chi connectivity index (χ4v) is 2.21. The lowest BCUT2D eigenvalue weighted by atomic mass is 10.1. The van der Waals surface area contributed by atoms with E-state index in [9.17, 15) is 9.90 Å². The molecule has 5 nitrogen and oxygen atoms in total. The summed E-state index contributed by atoms with van der Waals surface area (Å²) in [5, 5.41) is 12.9. The Morgan fingerprint density at radius 2 is 2.05 bits per heavy atom. The summed E-state index contributed by atoms with van der Waals surface area (Å²) < 4.78 is 5.10. The van der Waals surface area contributed by atoms with Gasteiger partial charge in [0.05, 0.1) is 7.11 Å². The standard InChI is InChI=1S/C16H26N2O3/c1-5-18(6-2)16(20)9-10-17-12(3)13-7-8-14(19)15(11-13)21-4/h7-8,11-12,17,19H,5-6,9-10H2,1-4H3. The number of nitrogens with zero attached hydrogens (tertiary/aromatic N) is 1. The van der Waals surface area contributed by atoms with Gasteiger partial charge < -0.3 is 20.1 Å². The molecule has 0 saturated carbocycles. The van der Waals surface area contributed by atoms with Crippen LogP contribution in [0.1, 0.15) is 38.8 Å². The second-order valence-corrected chi connectivity index (χ2v) is 4.92. The number of rotatable bonds is 8. The van der Waals surface area contributed by atoms with Gasteiger partial charge in [0.1, 0.15) is 0 Å². The Labute approximate surface area is 126 Å². The highest BCUT2D eigenvalue weighted by Gasteiger charge is 2.12. The number of methoxy groups -OCH3 is 1. The maximum atomic E-state index is 11.9. The summed E-state index contributed by atoms with van der Waals surface area (Å²) in [7, 11) is 1.53. The van der Waals surface area contributed by atoms with Crippen LogP contribution < -0.4 is 10.1 Å². The quantitative estimate of drug-likeness (QED) is 0.772. The topological polar surface area (TPSA) is 61.8 Å². The van der Waals surface area contributed by atoms with E-state index in [0.717, 1.165) is 18.7 Å². The first-order chi connectivity index (χ1) is 10.0. The fraction of sp³-hybridized carbons (Fsp3) is 0.562. The Kier molecular flexibility index (Phi) is 7.02. The number of phenolic OH excluding ortho intramolecular Hbond substituents is 1. The number of benzene rings is 1. The van der Waals surface area contributed by atoms with Crippen molar-refractivity contribution in [2.75, 3.05) is 26.7 Å². The molecule has 1 rings (SSSR count). The van der Waals surface area contributed by atoms with Crippen molar-refractivity contribution >= 4 is 5.91 Å². The van der Waals surface area contributed by atoms with E-state index < -0.39 is 0 Å². The summed E-state index contributed by atoms with van der Waals surface area (Å²) in [6, 6.07) is 5.36. The van der Waals surface area contributed by atoms with Crippen molar-refractivity contribution in [1.29, 1.82) is 0 Å². The maximum Gasteiger partial charge on any atom is 0.223 e. The summed E-state index contributed by atoms with van der Waals surface area (Å²) in [6.45, 7) is 8.12. The number of nitrogens with one attached hydrogen (secondary N) is 1. The van der Waals surface area contributed by atoms with Crippen LogP contribution in [0.2, 0.25) is 0 Å². The first kappa shape index (κ1) is 17.3. The number of carbonyl (C=O) groups excluding carboxylic acids is 1. The minimum Gasteiger partial charge on any atom is -0.504 e. The Hall–Kier alpha value is -1.75. The van der Waals surface area contributed by atoms with Gasteiger partial charge in [0.25, 0.3) is 0 Å². The van der Waals surface area contributed by atoms with Gasteiger partial charge in [-0.05, 0) is 38.5 Å². The van der Waals surface area contributed by atoms with Crippen LogP contribution in [0, 0.1) is 0 Å². The molecule has 21 heavy (non-hydrogen) atoms. The van der Waals surface area contributed by atoms with Crippen molar-refractivity contribution in [2.24, 2.45) is 0 Å². The lowest BCUT2D eigenvalue weighted by Gasteiger charge is -2.20. The van der Waals surface area contributed by atoms with E-state index in [4.69, 9.17) is 4.74 Å². The minimum atomic E-state index is 0.0870. The fourth-order valence-electron chi connectivity index (χ4n) is 2.21. The number of aromatic hydroxyl groups is 1. The van der Waals surface area contributed by atoms with Gasteiger partial charge in [-0.2, -0.15) is 0 Å². The maximum absolute atomic E-state index is 11.9. The van der Waals surface area contributed by atoms with E-state index >= 15 is 0 Å². The van der Waals surface area contributed by atoms with Gasteiger partial charge in [-0.3, -0.25) is 4.79 Å². The van der Waals surface area contributed by atoms with E-state index in [2.05, 4.69) is 5.32 Å². The molecule has 0 radical (unpaired) electrons. The van der Waals surface area contributed by atoms with Gasteiger partial charge in [0, 0.05) is 32.1 Å². The van der Waals surface area contributed by atoms with Gasteiger partial charge in [-0.1, -0.05) is 6.07 Å². The molecule has 0 aliphatic carbocycles. The smallest absolute Gasteiger partial charge is 0.223 e. The van der Waals surface area contributed by atoms with Crippen molar-refractivity contribution in [3.8, 4) is 11.5 Å². The molecule has 0 fully saturated rings. The summed E-state index contributed by atoms with van der Waals surface area (Å²) >= 11 is 0. The van der Waals surface area contributed by atoms with E-state index in [0.29, 0.717) is 18.7 Å². The molecule has 1 aromatic carbocycles. The lowest BCUT2D eigenvalue weighted by molar-refractivity contribution is -0.130. The molecule has 1 aromatic rings. The number of hydrogen-bond donors (Lipinski definition) is 2. The normalized spacial score (nSPS) is 12.0. The average molecular weight is 294 g/mol. The third-order valence-corrected chi connectivity index (χ3v) is 3.61. The van der Waals surface area contributed by atoms with E-state index in [-0.39, 0.29) is 17.7 Å². The van der Waals surface area contributed by atoms with Crippen LogP contribution in [-0.4, -0.2) is 42.7 Å². The van der Waals surface area contributed by atoms with Crippen molar-refractivity contribution < 1.29 is 14.6 Å². The van der Waals surface area contributed by atoms with Crippen molar-refractivity contribution in [2.45, 2.75) is 33.2 Å². The molecule has 5 heteroatoms. The van der Waals surface area contributed by atoms with Gasteiger partial charge in [0.15, 0.2) is 11.5 Å². The molecular weight excluding hydrogens is 268 g/mol. The number of carbonyl (C=O) groups is 1. The summed E-state index contributed by atoms with van der Waals surface area (Å²) in [5.74, 6) is 0.758. The SMILES string of the molecule is CCN(CC)C(=O)CCNC(C)c1ccc(O)c(OC)c1. The zero-order valence-electron chi connectivity index (χ0n) is 13.3. The summed E-state index contributed by atoms with van der Waals surface area (Å²) in [6.07, 6.45) is 0.487. The first-order valence-corrected chi connectivity index (χ1v) is 7.41. The van der Waals surface area contributed by atoms with Crippen LogP contribution in [0.4, 0.5) is 0 Å². The van der Waals surface area contributed by atoms with Gasteiger partial charge >= 0.3 is 0 Å². The molecule has 1 amide bonds. The first-order valence-electron chi connectivity index (χ1n) is 7.41. The molecule has 0 aliphatic rings. The molecule has 1 atom stereocenters. The highest BCUT2D eigenvalue weighted by atomic mass is 16.5. The molecular formula is C16H26N2O3. The zero-order valence-corrected chi connectivity index (χ0v) is 13.3. The number of phenols is 1. The van der Waals surface area contributed by atoms with Crippen LogP contribution in [0.3, 0.4) is 0 Å². The molecule has 0 spiro atoms. The predicted octanol–water partition coefficient (Wildman–Crippen LogP) is 2.31. The van der Waals surface area contributed by atoms with Crippen LogP contribution in [0.15, 0.2) is 18.2 Å². The van der Waals surface area contributed by atoms with Crippen LogP contribution in [0.5, 0.6) is 11.5 Å². The molecule has 0 aromatic heterocycles. The Morgan fingerprint density at radius 3 is 2.62 bits per heavy atom. The van der Waals surface area contributed by atoms with Gasteiger partial charge in [0.2, 0.25) is 5.91 Å². The largest absolute Gasteiger partial charge is 0.504 e. The van der Waals surface area contributed by atoms with Crippen molar-refractivity contribution in [1.82, 2.24) is 10.2 Å². The summed E-state index contributed by atoms with van der Waals surface area (Å²) in [4.78, 5) is 13.7. The number of ether oxygens (including phenoxy) is 1. The van der Waals surface area contributed by atoms with E-state index in [1.807, 2.05) is 31.7 Å². The molecule has 0 aliphatic heterocycles. The Bertz CT molecular complexity index is 459. The third kappa shape index (κ3) is 4.93.